The molecule has 0 saturated heterocycles. The van der Waals surface area contributed by atoms with Gasteiger partial charge in [0.05, 0.1) is 11.1 Å². The van der Waals surface area contributed by atoms with E-state index in [0.717, 1.165) is 6.08 Å². The number of carbonyl (C=O) groups is 1. The average molecular weight is 501 g/mol. The summed E-state index contributed by atoms with van der Waals surface area (Å²) < 4.78 is 12.6. The third-order valence-corrected chi connectivity index (χ3v) is 5.08. The molecular formula is C24H22Cl2N4O4. The number of ether oxygens (including phenoxy) is 2. The molecule has 8 nitrogen and oxygen atoms in total. The van der Waals surface area contributed by atoms with Crippen molar-refractivity contribution in [1.29, 1.82) is 5.26 Å². The third kappa shape index (κ3) is 6.35. The van der Waals surface area contributed by atoms with Gasteiger partial charge in [-0.15, -0.1) is 0 Å². The van der Waals surface area contributed by atoms with Crippen molar-refractivity contribution in [2.45, 2.75) is 26.4 Å². The van der Waals surface area contributed by atoms with E-state index in [9.17, 15) is 14.9 Å². The summed E-state index contributed by atoms with van der Waals surface area (Å²) >= 11 is 12.2. The molecule has 10 heteroatoms. The van der Waals surface area contributed by atoms with E-state index >= 15 is 0 Å². The van der Waals surface area contributed by atoms with Crippen molar-refractivity contribution in [3.8, 4) is 17.7 Å². The van der Waals surface area contributed by atoms with Gasteiger partial charge in [0.2, 0.25) is 5.88 Å². The topological polar surface area (TPSA) is 106 Å². The summed E-state index contributed by atoms with van der Waals surface area (Å²) in [7, 11) is 0. The second kappa shape index (κ2) is 11.7. The number of fused-ring (bicyclic) bond motifs is 1. The minimum Gasteiger partial charge on any atom is -0.437 e. The first-order valence-electron chi connectivity index (χ1n) is 10.5. The molecule has 0 radical (unpaired) electrons. The van der Waals surface area contributed by atoms with Crippen molar-refractivity contribution in [2.24, 2.45) is 0 Å². The zero-order chi connectivity index (χ0) is 24.7. The largest absolute Gasteiger partial charge is 0.437 e. The molecule has 0 bridgehead atoms. The van der Waals surface area contributed by atoms with Crippen LogP contribution in [-0.4, -0.2) is 34.5 Å². The molecule has 2 aromatic heterocycles. The van der Waals surface area contributed by atoms with Crippen molar-refractivity contribution in [3.63, 3.8) is 0 Å². The van der Waals surface area contributed by atoms with Gasteiger partial charge in [-0.3, -0.25) is 14.0 Å². The zero-order valence-corrected chi connectivity index (χ0v) is 20.1. The first-order valence-corrected chi connectivity index (χ1v) is 11.2. The van der Waals surface area contributed by atoms with E-state index in [2.05, 4.69) is 10.3 Å². The average Bonchev–Trinajstić information content (AvgIpc) is 2.80. The van der Waals surface area contributed by atoms with Crippen LogP contribution in [0.25, 0.3) is 11.7 Å². The predicted octanol–water partition coefficient (Wildman–Crippen LogP) is 4.63. The van der Waals surface area contributed by atoms with Crippen LogP contribution < -0.4 is 15.6 Å². The Bertz CT molecular complexity index is 1330. The predicted molar refractivity (Wildman–Crippen MR) is 130 cm³/mol. The number of nitrogens with one attached hydrogen (secondary N) is 1. The maximum absolute atomic E-state index is 13.2. The number of carbonyl (C=O) groups excluding carboxylic acids is 1. The van der Waals surface area contributed by atoms with Crippen molar-refractivity contribution in [3.05, 3.63) is 74.1 Å². The lowest BCUT2D eigenvalue weighted by Gasteiger charge is -2.11. The molecular weight excluding hydrogens is 479 g/mol. The van der Waals surface area contributed by atoms with E-state index < -0.39 is 11.5 Å². The third-order valence-electron chi connectivity index (χ3n) is 4.55. The number of amides is 1. The van der Waals surface area contributed by atoms with Gasteiger partial charge in [-0.2, -0.15) is 10.2 Å². The maximum Gasteiger partial charge on any atom is 0.269 e. The molecule has 0 fully saturated rings. The van der Waals surface area contributed by atoms with Crippen LogP contribution in [0.3, 0.4) is 0 Å². The quantitative estimate of drug-likeness (QED) is 0.260. The number of nitriles is 1. The van der Waals surface area contributed by atoms with Crippen LogP contribution in [0, 0.1) is 11.3 Å². The fourth-order valence-electron chi connectivity index (χ4n) is 2.93. The molecule has 176 valence electrons. The molecule has 1 N–H and O–H groups in total. The van der Waals surface area contributed by atoms with Crippen LogP contribution in [0.1, 0.15) is 25.8 Å². The van der Waals surface area contributed by atoms with Crippen LogP contribution in [0.2, 0.25) is 10.0 Å². The number of halogens is 2. The number of hydrogen-bond acceptors (Lipinski definition) is 6. The number of aromatic nitrogens is 2. The summed E-state index contributed by atoms with van der Waals surface area (Å²) in [6.45, 7) is 4.62. The zero-order valence-electron chi connectivity index (χ0n) is 18.5. The Morgan fingerprint density at radius 1 is 1.29 bits per heavy atom. The van der Waals surface area contributed by atoms with Gasteiger partial charge in [0.1, 0.15) is 28.6 Å². The van der Waals surface area contributed by atoms with Gasteiger partial charge in [0.25, 0.3) is 11.5 Å². The highest BCUT2D eigenvalue weighted by atomic mass is 35.5. The van der Waals surface area contributed by atoms with Crippen molar-refractivity contribution >= 4 is 40.8 Å². The monoisotopic (exact) mass is 500 g/mol. The number of rotatable bonds is 9. The minimum atomic E-state index is -0.625. The molecule has 0 aliphatic rings. The summed E-state index contributed by atoms with van der Waals surface area (Å²) in [6.07, 6.45) is 3.35. The number of nitrogens with zero attached hydrogens (tertiary/aromatic N) is 3. The molecule has 0 unspecified atom stereocenters. The SMILES string of the molecule is CC(C)OCCCNC(=O)C(C#N)=Cc1c(Oc2ccc(Cl)cc2Cl)nc2ccccn2c1=O. The molecule has 1 amide bonds. The number of benzene rings is 1. The summed E-state index contributed by atoms with van der Waals surface area (Å²) in [5, 5.41) is 12.9. The molecule has 3 rings (SSSR count). The standard InChI is InChI=1S/C24H22Cl2N4O4/c1-15(2)33-11-5-9-28-22(31)16(14-27)12-18-23(34-20-8-7-17(25)13-19(20)26)29-21-6-3-4-10-30(21)24(18)32/h3-4,6-8,10,12-13,15H,5,9,11H2,1-2H3,(H,28,31). The van der Waals surface area contributed by atoms with Crippen LogP contribution in [0.5, 0.6) is 11.6 Å². The van der Waals surface area contributed by atoms with Gasteiger partial charge in [0, 0.05) is 24.4 Å². The highest BCUT2D eigenvalue weighted by Crippen LogP contribution is 2.32. The van der Waals surface area contributed by atoms with Gasteiger partial charge in [-0.05, 0) is 56.7 Å². The summed E-state index contributed by atoms with van der Waals surface area (Å²) in [6, 6.07) is 11.4. The van der Waals surface area contributed by atoms with Gasteiger partial charge in [-0.1, -0.05) is 29.3 Å². The first kappa shape index (κ1) is 25.2. The van der Waals surface area contributed by atoms with Crippen LogP contribution in [0.4, 0.5) is 0 Å². The van der Waals surface area contributed by atoms with Crippen LogP contribution in [0.15, 0.2) is 53.0 Å². The molecule has 0 aliphatic carbocycles. The van der Waals surface area contributed by atoms with Gasteiger partial charge < -0.3 is 14.8 Å². The van der Waals surface area contributed by atoms with Crippen molar-refractivity contribution in [2.75, 3.05) is 13.2 Å². The summed E-state index contributed by atoms with van der Waals surface area (Å²) in [5.74, 6) is -0.521. The lowest BCUT2D eigenvalue weighted by molar-refractivity contribution is -0.117. The van der Waals surface area contributed by atoms with E-state index in [1.807, 2.05) is 19.9 Å². The molecule has 0 aliphatic heterocycles. The Morgan fingerprint density at radius 2 is 2.09 bits per heavy atom. The highest BCUT2D eigenvalue weighted by molar-refractivity contribution is 6.35. The maximum atomic E-state index is 13.2. The lowest BCUT2D eigenvalue weighted by Crippen LogP contribution is -2.27. The minimum absolute atomic E-state index is 0.0791. The van der Waals surface area contributed by atoms with E-state index in [4.69, 9.17) is 32.7 Å². The van der Waals surface area contributed by atoms with E-state index in [1.54, 1.807) is 24.3 Å². The fourth-order valence-corrected chi connectivity index (χ4v) is 3.37. The van der Waals surface area contributed by atoms with E-state index in [0.29, 0.717) is 30.2 Å². The Balaban J connectivity index is 1.97. The second-order valence-electron chi connectivity index (χ2n) is 7.44. The molecule has 0 atom stereocenters. The smallest absolute Gasteiger partial charge is 0.269 e. The Morgan fingerprint density at radius 3 is 2.79 bits per heavy atom. The highest BCUT2D eigenvalue weighted by Gasteiger charge is 2.18. The van der Waals surface area contributed by atoms with Crippen molar-refractivity contribution < 1.29 is 14.3 Å². The molecule has 0 spiro atoms. The van der Waals surface area contributed by atoms with E-state index in [1.165, 1.54) is 22.7 Å². The van der Waals surface area contributed by atoms with Crippen LogP contribution >= 0.6 is 23.2 Å². The van der Waals surface area contributed by atoms with Gasteiger partial charge >= 0.3 is 0 Å². The van der Waals surface area contributed by atoms with Gasteiger partial charge in [-0.25, -0.2) is 0 Å². The molecule has 1 aromatic carbocycles. The second-order valence-corrected chi connectivity index (χ2v) is 8.28. The normalized spacial score (nSPS) is 11.5. The summed E-state index contributed by atoms with van der Waals surface area (Å²) in [5.41, 5.74) is -0.550. The Labute approximate surface area is 206 Å². The summed E-state index contributed by atoms with van der Waals surface area (Å²) in [4.78, 5) is 30.2. The molecule has 2 heterocycles. The lowest BCUT2D eigenvalue weighted by atomic mass is 10.1. The Kier molecular flexibility index (Phi) is 8.66. The van der Waals surface area contributed by atoms with Crippen molar-refractivity contribution in [1.82, 2.24) is 14.7 Å². The Hall–Kier alpha value is -3.38. The number of pyridine rings is 1. The van der Waals surface area contributed by atoms with Crippen LogP contribution in [-0.2, 0) is 9.53 Å². The van der Waals surface area contributed by atoms with E-state index in [-0.39, 0.29) is 33.9 Å². The molecule has 0 saturated carbocycles. The first-order chi connectivity index (χ1) is 16.3. The molecule has 34 heavy (non-hydrogen) atoms. The molecule has 3 aromatic rings. The van der Waals surface area contributed by atoms with Gasteiger partial charge in [0.15, 0.2) is 0 Å². The number of hydrogen-bond donors (Lipinski definition) is 1. The fraction of sp³-hybridized carbons (Fsp3) is 0.250.